The van der Waals surface area contributed by atoms with Crippen LogP contribution in [0.25, 0.3) is 0 Å². The van der Waals surface area contributed by atoms with E-state index in [1.165, 1.54) is 30.3 Å². The van der Waals surface area contributed by atoms with Crippen LogP contribution in [-0.4, -0.2) is 30.8 Å². The van der Waals surface area contributed by atoms with Gasteiger partial charge in [0.1, 0.15) is 5.75 Å². The Kier molecular flexibility index (Phi) is 6.72. The molecule has 1 fully saturated rings. The van der Waals surface area contributed by atoms with E-state index in [0.29, 0.717) is 19.4 Å². The summed E-state index contributed by atoms with van der Waals surface area (Å²) in [5, 5.41) is 0. The van der Waals surface area contributed by atoms with Crippen LogP contribution in [0.15, 0.2) is 60.2 Å². The molecule has 5 nitrogen and oxygen atoms in total. The topological polar surface area (TPSA) is 69.7 Å². The molecule has 0 heterocycles. The molecule has 0 saturated heterocycles. The molecule has 0 atom stereocenters. The maximum absolute atomic E-state index is 12.6. The summed E-state index contributed by atoms with van der Waals surface area (Å²) >= 11 is 0. The van der Waals surface area contributed by atoms with Crippen molar-refractivity contribution in [1.29, 1.82) is 0 Å². The summed E-state index contributed by atoms with van der Waals surface area (Å²) in [7, 11) is 0. The summed E-state index contributed by atoms with van der Waals surface area (Å²) in [6, 6.07) is 11.8. The average molecular weight is 414 g/mol. The van der Waals surface area contributed by atoms with E-state index in [4.69, 9.17) is 4.74 Å². The van der Waals surface area contributed by atoms with Crippen molar-refractivity contribution < 1.29 is 32.6 Å². The lowest BCUT2D eigenvalue weighted by atomic mass is 9.75. The second-order valence-corrected chi connectivity index (χ2v) is 6.85. The Labute approximate surface area is 172 Å². The fraction of sp³-hybridized carbons (Fsp3) is 0.261. The Bertz CT molecular complexity index is 971. The Balaban J connectivity index is 1.66. The van der Waals surface area contributed by atoms with Crippen LogP contribution in [0.1, 0.15) is 52.0 Å². The smallest absolute Gasteiger partial charge is 0.387 e. The van der Waals surface area contributed by atoms with Crippen LogP contribution in [0.2, 0.25) is 0 Å². The summed E-state index contributed by atoms with van der Waals surface area (Å²) in [5.74, 6) is -1.69. The Morgan fingerprint density at radius 2 is 1.70 bits per heavy atom. The van der Waals surface area contributed by atoms with Gasteiger partial charge in [0.2, 0.25) is 11.6 Å². The molecule has 1 aliphatic carbocycles. The molecule has 1 saturated carbocycles. The quantitative estimate of drug-likeness (QED) is 0.271. The number of halogens is 2. The molecule has 156 valence electrons. The number of allylic oxidation sites excluding steroid dienone is 1. The Morgan fingerprint density at radius 1 is 1.03 bits per heavy atom. The molecule has 0 N–H and O–H groups in total. The Morgan fingerprint density at radius 3 is 2.33 bits per heavy atom. The summed E-state index contributed by atoms with van der Waals surface area (Å²) in [5.41, 5.74) is 2.25. The van der Waals surface area contributed by atoms with Crippen LogP contribution in [0.4, 0.5) is 8.78 Å². The standard InChI is InChI=1S/C23H20F2O5/c1-2-29-20(26)12-14-10-18(11-14)16-4-3-5-17(13-16)22(28)21(27)15-6-8-19(9-7-15)30-23(24)25/h3-9,12-13,18,23H,2,10-11H2,1H3. The van der Waals surface area contributed by atoms with Gasteiger partial charge in [-0.3, -0.25) is 9.59 Å². The third-order valence-corrected chi connectivity index (χ3v) is 4.79. The number of benzene rings is 2. The highest BCUT2D eigenvalue weighted by Gasteiger charge is 2.27. The molecule has 30 heavy (non-hydrogen) atoms. The van der Waals surface area contributed by atoms with Crippen molar-refractivity contribution >= 4 is 17.5 Å². The van der Waals surface area contributed by atoms with Gasteiger partial charge < -0.3 is 9.47 Å². The summed E-state index contributed by atoms with van der Waals surface area (Å²) in [6.07, 6.45) is 2.88. The molecule has 7 heteroatoms. The fourth-order valence-electron chi connectivity index (χ4n) is 3.26. The van der Waals surface area contributed by atoms with E-state index in [9.17, 15) is 23.2 Å². The minimum Gasteiger partial charge on any atom is -0.463 e. The molecule has 0 aliphatic heterocycles. The summed E-state index contributed by atoms with van der Waals surface area (Å²) < 4.78 is 33.6. The molecule has 0 unspecified atom stereocenters. The molecular formula is C23H20F2O5. The van der Waals surface area contributed by atoms with Gasteiger partial charge in [-0.25, -0.2) is 4.79 Å². The number of esters is 1. The zero-order valence-corrected chi connectivity index (χ0v) is 16.3. The van der Waals surface area contributed by atoms with Gasteiger partial charge in [-0.05, 0) is 61.6 Å². The van der Waals surface area contributed by atoms with Crippen LogP contribution in [0, 0.1) is 0 Å². The minimum atomic E-state index is -2.96. The zero-order valence-electron chi connectivity index (χ0n) is 16.3. The normalized spacial score (nSPS) is 15.3. The van der Waals surface area contributed by atoms with E-state index >= 15 is 0 Å². The molecule has 0 amide bonds. The van der Waals surface area contributed by atoms with Gasteiger partial charge in [-0.1, -0.05) is 23.8 Å². The number of rotatable bonds is 8. The third kappa shape index (κ3) is 5.17. The predicted molar refractivity (Wildman–Crippen MR) is 105 cm³/mol. The Hall–Kier alpha value is -3.35. The van der Waals surface area contributed by atoms with E-state index in [1.54, 1.807) is 25.1 Å². The lowest BCUT2D eigenvalue weighted by Crippen LogP contribution is -2.17. The van der Waals surface area contributed by atoms with Gasteiger partial charge in [0, 0.05) is 17.2 Å². The number of Topliss-reactive ketones (excluding diaryl/α,β-unsaturated/α-hetero) is 2. The van der Waals surface area contributed by atoms with Crippen molar-refractivity contribution in [2.24, 2.45) is 0 Å². The van der Waals surface area contributed by atoms with Gasteiger partial charge in [-0.2, -0.15) is 8.78 Å². The number of ketones is 2. The van der Waals surface area contributed by atoms with Gasteiger partial charge in [-0.15, -0.1) is 0 Å². The van der Waals surface area contributed by atoms with E-state index in [2.05, 4.69) is 4.74 Å². The molecule has 0 spiro atoms. The van der Waals surface area contributed by atoms with Gasteiger partial charge in [0.05, 0.1) is 6.61 Å². The van der Waals surface area contributed by atoms with Crippen molar-refractivity contribution in [2.75, 3.05) is 6.61 Å². The van der Waals surface area contributed by atoms with Crippen LogP contribution in [0.3, 0.4) is 0 Å². The monoisotopic (exact) mass is 414 g/mol. The highest BCUT2D eigenvalue weighted by atomic mass is 19.3. The van der Waals surface area contributed by atoms with E-state index in [0.717, 1.165) is 11.1 Å². The molecule has 0 bridgehead atoms. The second kappa shape index (κ2) is 9.43. The van der Waals surface area contributed by atoms with Gasteiger partial charge in [0.15, 0.2) is 0 Å². The number of ether oxygens (including phenoxy) is 2. The second-order valence-electron chi connectivity index (χ2n) is 6.85. The molecule has 2 aromatic carbocycles. The summed E-state index contributed by atoms with van der Waals surface area (Å²) in [4.78, 5) is 36.6. The van der Waals surface area contributed by atoms with Crippen molar-refractivity contribution in [3.63, 3.8) is 0 Å². The van der Waals surface area contributed by atoms with Crippen LogP contribution >= 0.6 is 0 Å². The number of carbonyl (C=O) groups is 3. The van der Waals surface area contributed by atoms with E-state index in [-0.39, 0.29) is 28.8 Å². The van der Waals surface area contributed by atoms with E-state index in [1.807, 2.05) is 6.07 Å². The first-order valence-corrected chi connectivity index (χ1v) is 9.47. The number of carbonyl (C=O) groups excluding carboxylic acids is 3. The summed E-state index contributed by atoms with van der Waals surface area (Å²) in [6.45, 7) is -0.892. The molecular weight excluding hydrogens is 394 g/mol. The zero-order chi connectivity index (χ0) is 21.7. The highest BCUT2D eigenvalue weighted by Crippen LogP contribution is 2.41. The number of alkyl halides is 2. The fourth-order valence-corrected chi connectivity index (χ4v) is 3.26. The van der Waals surface area contributed by atoms with Crippen LogP contribution < -0.4 is 4.74 Å². The first-order chi connectivity index (χ1) is 14.4. The molecule has 2 aromatic rings. The van der Waals surface area contributed by atoms with Gasteiger partial charge in [0.25, 0.3) is 0 Å². The first-order valence-electron chi connectivity index (χ1n) is 9.47. The van der Waals surface area contributed by atoms with Crippen molar-refractivity contribution in [2.45, 2.75) is 32.3 Å². The lowest BCUT2D eigenvalue weighted by Gasteiger charge is -2.29. The lowest BCUT2D eigenvalue weighted by molar-refractivity contribution is -0.137. The first kappa shape index (κ1) is 21.4. The minimum absolute atomic E-state index is 0.0901. The maximum atomic E-state index is 12.6. The number of hydrogen-bond donors (Lipinski definition) is 0. The molecule has 1 aliphatic rings. The average Bonchev–Trinajstić information content (AvgIpc) is 2.69. The van der Waals surface area contributed by atoms with Crippen LogP contribution in [-0.2, 0) is 9.53 Å². The predicted octanol–water partition coefficient (Wildman–Crippen LogP) is 4.72. The van der Waals surface area contributed by atoms with Crippen LogP contribution in [0.5, 0.6) is 5.75 Å². The largest absolute Gasteiger partial charge is 0.463 e. The maximum Gasteiger partial charge on any atom is 0.387 e. The van der Waals surface area contributed by atoms with Gasteiger partial charge >= 0.3 is 12.6 Å². The van der Waals surface area contributed by atoms with Crippen molar-refractivity contribution in [1.82, 2.24) is 0 Å². The molecule has 3 rings (SSSR count). The van der Waals surface area contributed by atoms with Crippen molar-refractivity contribution in [3.05, 3.63) is 76.9 Å². The van der Waals surface area contributed by atoms with Crippen molar-refractivity contribution in [3.8, 4) is 5.75 Å². The SMILES string of the molecule is CCOC(=O)C=C1CC(c2cccc(C(=O)C(=O)c3ccc(OC(F)F)cc3)c2)C1. The third-order valence-electron chi connectivity index (χ3n) is 4.79. The van der Waals surface area contributed by atoms with E-state index < -0.39 is 18.2 Å². The highest BCUT2D eigenvalue weighted by molar-refractivity contribution is 6.49. The molecule has 0 aromatic heterocycles. The molecule has 0 radical (unpaired) electrons. The number of hydrogen-bond acceptors (Lipinski definition) is 5.